The lowest BCUT2D eigenvalue weighted by Crippen LogP contribution is -2.32. The fourth-order valence-corrected chi connectivity index (χ4v) is 1.88. The molecular weight excluding hydrogens is 162 g/mol. The van der Waals surface area contributed by atoms with Crippen LogP contribution in [0.1, 0.15) is 26.2 Å². The topological polar surface area (TPSA) is 12.5 Å². The monoisotopic (exact) mass is 183 g/mol. The molecule has 2 unspecified atom stereocenters. The van der Waals surface area contributed by atoms with Crippen molar-refractivity contribution in [3.05, 3.63) is 12.7 Å². The summed E-state index contributed by atoms with van der Waals surface area (Å²) >= 11 is 0. The molecule has 0 radical (unpaired) electrons. The van der Waals surface area contributed by atoms with Crippen LogP contribution >= 0.6 is 0 Å². The first-order valence-corrected chi connectivity index (χ1v) is 5.17. The van der Waals surface area contributed by atoms with Gasteiger partial charge in [-0.3, -0.25) is 4.90 Å². The van der Waals surface area contributed by atoms with Crippen molar-refractivity contribution in [1.29, 1.82) is 0 Å². The molecule has 0 bridgehead atoms. The first-order chi connectivity index (χ1) is 6.27. The van der Waals surface area contributed by atoms with Gasteiger partial charge in [0.2, 0.25) is 0 Å². The molecule has 2 heteroatoms. The third-order valence-electron chi connectivity index (χ3n) is 2.96. The highest BCUT2D eigenvalue weighted by atomic mass is 16.5. The summed E-state index contributed by atoms with van der Waals surface area (Å²) in [6.07, 6.45) is 6.11. The summed E-state index contributed by atoms with van der Waals surface area (Å²) in [6, 6.07) is 0.510. The Balaban J connectivity index is 2.39. The smallest absolute Gasteiger partial charge is 0.0584 e. The highest BCUT2D eigenvalue weighted by Crippen LogP contribution is 2.15. The van der Waals surface area contributed by atoms with E-state index < -0.39 is 0 Å². The molecule has 1 saturated heterocycles. The summed E-state index contributed by atoms with van der Waals surface area (Å²) in [4.78, 5) is 2.48. The quantitative estimate of drug-likeness (QED) is 0.621. The van der Waals surface area contributed by atoms with E-state index in [4.69, 9.17) is 4.74 Å². The van der Waals surface area contributed by atoms with E-state index in [1.807, 2.05) is 13.2 Å². The van der Waals surface area contributed by atoms with Crippen molar-refractivity contribution in [3.63, 3.8) is 0 Å². The molecule has 0 aliphatic carbocycles. The van der Waals surface area contributed by atoms with Crippen molar-refractivity contribution in [2.75, 3.05) is 20.2 Å². The molecule has 1 aliphatic rings. The fourth-order valence-electron chi connectivity index (χ4n) is 1.88. The molecule has 0 amide bonds. The van der Waals surface area contributed by atoms with Gasteiger partial charge < -0.3 is 4.74 Å². The number of hydrogen-bond acceptors (Lipinski definition) is 2. The lowest BCUT2D eigenvalue weighted by molar-refractivity contribution is 0.0890. The molecule has 0 aromatic carbocycles. The number of ether oxygens (including phenoxy) is 1. The molecule has 0 saturated carbocycles. The Morgan fingerprint density at radius 3 is 2.85 bits per heavy atom. The van der Waals surface area contributed by atoms with Gasteiger partial charge in [-0.25, -0.2) is 0 Å². The Kier molecular flexibility index (Phi) is 4.46. The lowest BCUT2D eigenvalue weighted by Gasteiger charge is -2.24. The highest BCUT2D eigenvalue weighted by molar-refractivity contribution is 4.85. The summed E-state index contributed by atoms with van der Waals surface area (Å²) in [7, 11) is 1.82. The van der Waals surface area contributed by atoms with Crippen molar-refractivity contribution in [2.24, 2.45) is 0 Å². The van der Waals surface area contributed by atoms with E-state index in [1.54, 1.807) is 0 Å². The molecule has 0 spiro atoms. The second kappa shape index (κ2) is 5.40. The van der Waals surface area contributed by atoms with E-state index in [0.29, 0.717) is 12.1 Å². The molecule has 1 aliphatic heterocycles. The normalized spacial score (nSPS) is 28.0. The van der Waals surface area contributed by atoms with E-state index in [0.717, 1.165) is 13.0 Å². The molecule has 13 heavy (non-hydrogen) atoms. The van der Waals surface area contributed by atoms with Crippen LogP contribution in [-0.4, -0.2) is 37.2 Å². The predicted octanol–water partition coefficient (Wildman–Crippen LogP) is 2.06. The maximum absolute atomic E-state index is 5.38. The molecule has 1 heterocycles. The van der Waals surface area contributed by atoms with Gasteiger partial charge in [-0.15, -0.1) is 6.58 Å². The molecular formula is C11H21NO. The third-order valence-corrected chi connectivity index (χ3v) is 2.96. The van der Waals surface area contributed by atoms with Crippen LogP contribution in [0, 0.1) is 0 Å². The Labute approximate surface area is 81.6 Å². The van der Waals surface area contributed by atoms with Crippen LogP contribution in [0.25, 0.3) is 0 Å². The van der Waals surface area contributed by atoms with Crippen LogP contribution in [0.2, 0.25) is 0 Å². The standard InChI is InChI=1S/C11H21NO/c1-4-10(2)12-8-5-6-11(13-3)7-9-12/h4,10-11H,1,5-9H2,2-3H3. The van der Waals surface area contributed by atoms with Gasteiger partial charge in [0.1, 0.15) is 0 Å². The second-order valence-corrected chi connectivity index (χ2v) is 3.80. The zero-order valence-electron chi connectivity index (χ0n) is 8.83. The van der Waals surface area contributed by atoms with E-state index in [9.17, 15) is 0 Å². The summed E-state index contributed by atoms with van der Waals surface area (Å²) in [5, 5.41) is 0. The minimum Gasteiger partial charge on any atom is -0.381 e. The maximum Gasteiger partial charge on any atom is 0.0584 e. The number of methoxy groups -OCH3 is 1. The lowest BCUT2D eigenvalue weighted by atomic mass is 10.2. The Hall–Kier alpha value is -0.340. The van der Waals surface area contributed by atoms with E-state index in [2.05, 4.69) is 18.4 Å². The average Bonchev–Trinajstić information content (AvgIpc) is 2.41. The van der Waals surface area contributed by atoms with Gasteiger partial charge in [0.15, 0.2) is 0 Å². The van der Waals surface area contributed by atoms with Gasteiger partial charge in [0.25, 0.3) is 0 Å². The minimum atomic E-state index is 0.474. The van der Waals surface area contributed by atoms with Gasteiger partial charge in [-0.05, 0) is 32.7 Å². The van der Waals surface area contributed by atoms with E-state index >= 15 is 0 Å². The summed E-state index contributed by atoms with van der Waals surface area (Å²) in [5.74, 6) is 0. The zero-order chi connectivity index (χ0) is 9.68. The molecule has 76 valence electrons. The first kappa shape index (κ1) is 10.7. The first-order valence-electron chi connectivity index (χ1n) is 5.17. The Bertz CT molecular complexity index is 158. The van der Waals surface area contributed by atoms with Gasteiger partial charge in [-0.2, -0.15) is 0 Å². The van der Waals surface area contributed by atoms with Gasteiger partial charge >= 0.3 is 0 Å². The summed E-state index contributed by atoms with van der Waals surface area (Å²) in [6.45, 7) is 8.37. The van der Waals surface area contributed by atoms with Crippen molar-refractivity contribution < 1.29 is 4.74 Å². The number of rotatable bonds is 3. The Morgan fingerprint density at radius 2 is 2.23 bits per heavy atom. The van der Waals surface area contributed by atoms with Crippen molar-refractivity contribution in [1.82, 2.24) is 4.90 Å². The van der Waals surface area contributed by atoms with Gasteiger partial charge in [0.05, 0.1) is 6.10 Å². The predicted molar refractivity (Wildman–Crippen MR) is 55.9 cm³/mol. The minimum absolute atomic E-state index is 0.474. The van der Waals surface area contributed by atoms with E-state index in [-0.39, 0.29) is 0 Å². The van der Waals surface area contributed by atoms with Crippen LogP contribution < -0.4 is 0 Å². The number of likely N-dealkylation sites (tertiary alicyclic amines) is 1. The molecule has 0 N–H and O–H groups in total. The van der Waals surface area contributed by atoms with Crippen molar-refractivity contribution in [3.8, 4) is 0 Å². The Morgan fingerprint density at radius 1 is 1.46 bits per heavy atom. The van der Waals surface area contributed by atoms with E-state index in [1.165, 1.54) is 19.4 Å². The van der Waals surface area contributed by atoms with Gasteiger partial charge in [0, 0.05) is 19.7 Å². The van der Waals surface area contributed by atoms with Crippen LogP contribution in [0.3, 0.4) is 0 Å². The average molecular weight is 183 g/mol. The highest BCUT2D eigenvalue weighted by Gasteiger charge is 2.18. The molecule has 2 atom stereocenters. The second-order valence-electron chi connectivity index (χ2n) is 3.80. The van der Waals surface area contributed by atoms with Crippen LogP contribution in [0.15, 0.2) is 12.7 Å². The number of nitrogens with zero attached hydrogens (tertiary/aromatic N) is 1. The van der Waals surface area contributed by atoms with Crippen LogP contribution in [0.5, 0.6) is 0 Å². The third kappa shape index (κ3) is 3.12. The maximum atomic E-state index is 5.38. The van der Waals surface area contributed by atoms with Crippen LogP contribution in [0.4, 0.5) is 0 Å². The summed E-state index contributed by atoms with van der Waals surface area (Å²) < 4.78 is 5.38. The molecule has 0 aromatic rings. The van der Waals surface area contributed by atoms with Crippen molar-refractivity contribution in [2.45, 2.75) is 38.3 Å². The van der Waals surface area contributed by atoms with Crippen LogP contribution in [-0.2, 0) is 4.74 Å². The number of hydrogen-bond donors (Lipinski definition) is 0. The molecule has 1 fully saturated rings. The molecule has 0 aromatic heterocycles. The fraction of sp³-hybridized carbons (Fsp3) is 0.818. The molecule has 1 rings (SSSR count). The summed E-state index contributed by atoms with van der Waals surface area (Å²) in [5.41, 5.74) is 0. The zero-order valence-corrected chi connectivity index (χ0v) is 8.83. The van der Waals surface area contributed by atoms with Crippen molar-refractivity contribution >= 4 is 0 Å². The molecule has 2 nitrogen and oxygen atoms in total. The largest absolute Gasteiger partial charge is 0.381 e. The van der Waals surface area contributed by atoms with Gasteiger partial charge in [-0.1, -0.05) is 6.08 Å². The SMILES string of the molecule is C=CC(C)N1CCCC(OC)CC1.